The zero-order chi connectivity index (χ0) is 17.1. The van der Waals surface area contributed by atoms with Crippen molar-refractivity contribution >= 4 is 52.5 Å². The molecule has 1 heterocycles. The summed E-state index contributed by atoms with van der Waals surface area (Å²) in [5.41, 5.74) is -0.214. The fraction of sp³-hybridized carbons (Fsp3) is 0.462. The Morgan fingerprint density at radius 2 is 1.95 bits per heavy atom. The quantitative estimate of drug-likeness (QED) is 0.360. The third-order valence-corrected chi connectivity index (χ3v) is 3.41. The van der Waals surface area contributed by atoms with Crippen LogP contribution in [0.4, 0.5) is 0 Å². The highest BCUT2D eigenvalue weighted by Gasteiger charge is 2.38. The maximum Gasteiger partial charge on any atom is 0.341 e. The molecule has 22 heavy (non-hydrogen) atoms. The first-order chi connectivity index (χ1) is 10.1. The number of ether oxygens (including phenoxy) is 1. The molecular weight excluding hydrogens is 357 g/mol. The van der Waals surface area contributed by atoms with Gasteiger partial charge < -0.3 is 14.4 Å². The molecule has 0 amide bonds. The molecule has 0 saturated heterocycles. The molecule has 1 aromatic rings. The second-order valence-electron chi connectivity index (χ2n) is 4.52. The fourth-order valence-corrected chi connectivity index (χ4v) is 1.93. The number of hydrogen-bond acceptors (Lipinski definition) is 4. The molecule has 0 radical (unpaired) electrons. The van der Waals surface area contributed by atoms with Gasteiger partial charge in [0.05, 0.1) is 11.8 Å². The Labute approximate surface area is 141 Å². The lowest BCUT2D eigenvalue weighted by molar-refractivity contribution is -0.160. The van der Waals surface area contributed by atoms with E-state index < -0.39 is 33.7 Å². The average molecular weight is 371 g/mol. The zero-order valence-electron chi connectivity index (χ0n) is 11.8. The summed E-state index contributed by atoms with van der Waals surface area (Å²) >= 11 is 16.6. The van der Waals surface area contributed by atoms with Gasteiger partial charge in [0, 0.05) is 6.20 Å². The lowest BCUT2D eigenvalue weighted by Gasteiger charge is -2.20. The SMILES string of the molecule is CCC(C)OC(=O)C(C(=O)O)n1cccc1C(=O)C(Cl)(Cl)Cl. The van der Waals surface area contributed by atoms with E-state index in [-0.39, 0.29) is 5.69 Å². The van der Waals surface area contributed by atoms with Crippen LogP contribution >= 0.6 is 34.8 Å². The van der Waals surface area contributed by atoms with Crippen LogP contribution in [0.3, 0.4) is 0 Å². The summed E-state index contributed by atoms with van der Waals surface area (Å²) in [7, 11) is 0. The van der Waals surface area contributed by atoms with Crippen LogP contribution in [0, 0.1) is 0 Å². The van der Waals surface area contributed by atoms with Crippen molar-refractivity contribution in [3.05, 3.63) is 24.0 Å². The summed E-state index contributed by atoms with van der Waals surface area (Å²) in [5.74, 6) is -3.43. The second-order valence-corrected chi connectivity index (χ2v) is 6.81. The Hall–Kier alpha value is -1.24. The number of carboxylic acids is 1. The predicted molar refractivity (Wildman–Crippen MR) is 81.6 cm³/mol. The standard InChI is InChI=1S/C13H14Cl3NO5/c1-3-7(2)22-12(21)9(11(19)20)17-6-4-5-8(17)10(18)13(14,15)16/h4-7,9H,3H2,1-2H3,(H,19,20). The number of alkyl halides is 3. The van der Waals surface area contributed by atoms with Crippen LogP contribution in [0.25, 0.3) is 0 Å². The van der Waals surface area contributed by atoms with Gasteiger partial charge in [0.15, 0.2) is 0 Å². The van der Waals surface area contributed by atoms with Crippen LogP contribution in [0.2, 0.25) is 0 Å². The van der Waals surface area contributed by atoms with Crippen molar-refractivity contribution in [2.24, 2.45) is 0 Å². The van der Waals surface area contributed by atoms with E-state index in [1.807, 2.05) is 0 Å². The molecule has 1 N–H and O–H groups in total. The van der Waals surface area contributed by atoms with E-state index in [4.69, 9.17) is 39.5 Å². The number of Topliss-reactive ketones (excluding diaryl/α,β-unsaturated/α-hetero) is 1. The lowest BCUT2D eigenvalue weighted by atomic mass is 10.2. The topological polar surface area (TPSA) is 85.6 Å². The van der Waals surface area contributed by atoms with Gasteiger partial charge >= 0.3 is 11.9 Å². The Kier molecular flexibility index (Phi) is 6.28. The number of aliphatic carboxylic acids is 1. The van der Waals surface area contributed by atoms with Gasteiger partial charge in [-0.3, -0.25) is 4.79 Å². The molecule has 0 bridgehead atoms. The number of carbonyl (C=O) groups excluding carboxylic acids is 2. The normalized spacial score (nSPS) is 14.2. The molecule has 9 heteroatoms. The number of nitrogens with zero attached hydrogens (tertiary/aromatic N) is 1. The van der Waals surface area contributed by atoms with Gasteiger partial charge in [-0.25, -0.2) is 9.59 Å². The zero-order valence-corrected chi connectivity index (χ0v) is 14.0. The first-order valence-electron chi connectivity index (χ1n) is 6.31. The molecular formula is C13H14Cl3NO5. The minimum atomic E-state index is -2.26. The molecule has 0 aliphatic heterocycles. The Bertz CT molecular complexity index is 578. The van der Waals surface area contributed by atoms with Crippen LogP contribution in [-0.4, -0.2) is 37.3 Å². The number of aromatic nitrogens is 1. The molecule has 0 aliphatic carbocycles. The third kappa shape index (κ3) is 4.38. The van der Waals surface area contributed by atoms with Crippen LogP contribution in [0.5, 0.6) is 0 Å². The van der Waals surface area contributed by atoms with E-state index in [0.29, 0.717) is 6.42 Å². The number of carbonyl (C=O) groups is 3. The number of carboxylic acid groups (broad SMARTS) is 1. The largest absolute Gasteiger partial charge is 0.479 e. The van der Waals surface area contributed by atoms with E-state index in [0.717, 1.165) is 4.57 Å². The summed E-state index contributed by atoms with van der Waals surface area (Å²) in [4.78, 5) is 35.5. The van der Waals surface area contributed by atoms with E-state index in [1.165, 1.54) is 18.3 Å². The fourth-order valence-electron chi connectivity index (χ4n) is 1.64. The van der Waals surface area contributed by atoms with Crippen LogP contribution < -0.4 is 0 Å². The maximum atomic E-state index is 12.0. The minimum absolute atomic E-state index is 0.214. The van der Waals surface area contributed by atoms with Gasteiger partial charge in [-0.1, -0.05) is 41.7 Å². The van der Waals surface area contributed by atoms with Crippen molar-refractivity contribution in [1.82, 2.24) is 4.57 Å². The van der Waals surface area contributed by atoms with Crippen molar-refractivity contribution in [2.45, 2.75) is 36.2 Å². The summed E-state index contributed by atoms with van der Waals surface area (Å²) in [5, 5.41) is 9.28. The van der Waals surface area contributed by atoms with Crippen molar-refractivity contribution < 1.29 is 24.2 Å². The molecule has 6 nitrogen and oxygen atoms in total. The predicted octanol–water partition coefficient (Wildman–Crippen LogP) is 3.01. The number of esters is 1. The highest BCUT2D eigenvalue weighted by molar-refractivity contribution is 6.77. The van der Waals surface area contributed by atoms with Crippen molar-refractivity contribution in [3.8, 4) is 0 Å². The number of ketones is 1. The molecule has 0 saturated carbocycles. The second kappa shape index (κ2) is 7.35. The van der Waals surface area contributed by atoms with Crippen LogP contribution in [0.15, 0.2) is 18.3 Å². The Morgan fingerprint density at radius 1 is 1.36 bits per heavy atom. The van der Waals surface area contributed by atoms with E-state index in [1.54, 1.807) is 13.8 Å². The highest BCUT2D eigenvalue weighted by Crippen LogP contribution is 2.31. The molecule has 1 aromatic heterocycles. The van der Waals surface area contributed by atoms with Crippen LogP contribution in [0.1, 0.15) is 36.8 Å². The van der Waals surface area contributed by atoms with Crippen molar-refractivity contribution in [2.75, 3.05) is 0 Å². The smallest absolute Gasteiger partial charge is 0.341 e. The molecule has 2 unspecified atom stereocenters. The molecule has 0 aliphatic rings. The Balaban J connectivity index is 3.20. The van der Waals surface area contributed by atoms with E-state index in [2.05, 4.69) is 0 Å². The van der Waals surface area contributed by atoms with Gasteiger partial charge in [0.25, 0.3) is 3.79 Å². The summed E-state index contributed by atoms with van der Waals surface area (Å²) in [6.45, 7) is 3.40. The summed E-state index contributed by atoms with van der Waals surface area (Å²) < 4.78 is 3.67. The van der Waals surface area contributed by atoms with Gasteiger partial charge in [0.2, 0.25) is 11.8 Å². The van der Waals surface area contributed by atoms with Crippen molar-refractivity contribution in [1.29, 1.82) is 0 Å². The maximum absolute atomic E-state index is 12.0. The minimum Gasteiger partial charge on any atom is -0.479 e. The Morgan fingerprint density at radius 3 is 2.41 bits per heavy atom. The molecule has 0 fully saturated rings. The van der Waals surface area contributed by atoms with Gasteiger partial charge in [-0.15, -0.1) is 0 Å². The highest BCUT2D eigenvalue weighted by atomic mass is 35.6. The first kappa shape index (κ1) is 18.8. The van der Waals surface area contributed by atoms with E-state index in [9.17, 15) is 19.5 Å². The lowest BCUT2D eigenvalue weighted by Crippen LogP contribution is -2.34. The molecule has 0 aromatic carbocycles. The molecule has 122 valence electrons. The van der Waals surface area contributed by atoms with Gasteiger partial charge in [-0.2, -0.15) is 0 Å². The van der Waals surface area contributed by atoms with E-state index >= 15 is 0 Å². The van der Waals surface area contributed by atoms with Gasteiger partial charge in [-0.05, 0) is 25.5 Å². The molecule has 0 spiro atoms. The molecule has 1 rings (SSSR count). The molecule has 2 atom stereocenters. The van der Waals surface area contributed by atoms with Crippen LogP contribution in [-0.2, 0) is 14.3 Å². The number of hydrogen-bond donors (Lipinski definition) is 1. The monoisotopic (exact) mass is 369 g/mol. The average Bonchev–Trinajstić information content (AvgIpc) is 2.84. The summed E-state index contributed by atoms with van der Waals surface area (Å²) in [6, 6.07) is 0.891. The number of halogens is 3. The van der Waals surface area contributed by atoms with Crippen molar-refractivity contribution in [3.63, 3.8) is 0 Å². The summed E-state index contributed by atoms with van der Waals surface area (Å²) in [6.07, 6.45) is 1.29. The van der Waals surface area contributed by atoms with Gasteiger partial charge in [0.1, 0.15) is 0 Å². The first-order valence-corrected chi connectivity index (χ1v) is 7.44. The number of rotatable bonds is 6. The third-order valence-electron chi connectivity index (χ3n) is 2.90.